The standard InChI is InChI=1S/C15H24N2O/c1-3-8-14(16)15(18)17(2)12-7-11-13-9-5-4-6-10-13/h4-6,9-10,14H,3,7-8,11-12,16H2,1-2H3/t14-/m0/s1. The van der Waals surface area contributed by atoms with E-state index < -0.39 is 0 Å². The van der Waals surface area contributed by atoms with Crippen molar-refractivity contribution < 1.29 is 4.79 Å². The zero-order valence-electron chi connectivity index (χ0n) is 11.4. The van der Waals surface area contributed by atoms with Crippen LogP contribution in [0.2, 0.25) is 0 Å². The number of hydrogen-bond acceptors (Lipinski definition) is 2. The van der Waals surface area contributed by atoms with Gasteiger partial charge in [0.1, 0.15) is 0 Å². The highest BCUT2D eigenvalue weighted by atomic mass is 16.2. The molecule has 0 aliphatic heterocycles. The average molecular weight is 248 g/mol. The van der Waals surface area contributed by atoms with E-state index in [0.29, 0.717) is 0 Å². The lowest BCUT2D eigenvalue weighted by molar-refractivity contribution is -0.131. The van der Waals surface area contributed by atoms with Crippen molar-refractivity contribution in [3.63, 3.8) is 0 Å². The average Bonchev–Trinajstić information content (AvgIpc) is 2.39. The first-order chi connectivity index (χ1) is 8.65. The van der Waals surface area contributed by atoms with Gasteiger partial charge in [0.25, 0.3) is 0 Å². The van der Waals surface area contributed by atoms with Crippen LogP contribution in [0.1, 0.15) is 31.7 Å². The van der Waals surface area contributed by atoms with Crippen molar-refractivity contribution in [2.24, 2.45) is 5.73 Å². The summed E-state index contributed by atoms with van der Waals surface area (Å²) in [6.45, 7) is 2.81. The molecule has 100 valence electrons. The molecule has 0 aliphatic carbocycles. The molecule has 3 nitrogen and oxygen atoms in total. The molecule has 0 unspecified atom stereocenters. The highest BCUT2D eigenvalue weighted by Crippen LogP contribution is 2.04. The van der Waals surface area contributed by atoms with Gasteiger partial charge in [-0.25, -0.2) is 0 Å². The van der Waals surface area contributed by atoms with Gasteiger partial charge in [0.05, 0.1) is 6.04 Å². The van der Waals surface area contributed by atoms with Gasteiger partial charge >= 0.3 is 0 Å². The predicted molar refractivity (Wildman–Crippen MR) is 75.3 cm³/mol. The summed E-state index contributed by atoms with van der Waals surface area (Å²) >= 11 is 0. The van der Waals surface area contributed by atoms with Gasteiger partial charge in [0.15, 0.2) is 0 Å². The number of carbonyl (C=O) groups is 1. The summed E-state index contributed by atoms with van der Waals surface area (Å²) in [5.41, 5.74) is 7.14. The molecule has 1 atom stereocenters. The van der Waals surface area contributed by atoms with E-state index in [1.807, 2.05) is 32.2 Å². The molecule has 0 aromatic heterocycles. The first-order valence-corrected chi connectivity index (χ1v) is 6.69. The normalized spacial score (nSPS) is 12.2. The van der Waals surface area contributed by atoms with Crippen molar-refractivity contribution in [3.05, 3.63) is 35.9 Å². The van der Waals surface area contributed by atoms with Crippen LogP contribution in [0.4, 0.5) is 0 Å². The molecule has 0 radical (unpaired) electrons. The predicted octanol–water partition coefficient (Wildman–Crippen LogP) is 2.21. The Bertz CT molecular complexity index is 351. The third-order valence-corrected chi connectivity index (χ3v) is 3.09. The molecule has 0 heterocycles. The largest absolute Gasteiger partial charge is 0.344 e. The second-order valence-corrected chi connectivity index (χ2v) is 4.74. The quantitative estimate of drug-likeness (QED) is 0.804. The Morgan fingerprint density at radius 3 is 2.61 bits per heavy atom. The highest BCUT2D eigenvalue weighted by Gasteiger charge is 2.16. The summed E-state index contributed by atoms with van der Waals surface area (Å²) in [6, 6.07) is 10.00. The SMILES string of the molecule is CCC[C@H](N)C(=O)N(C)CCCc1ccccc1. The lowest BCUT2D eigenvalue weighted by atomic mass is 10.1. The third kappa shape index (κ3) is 4.88. The molecular weight excluding hydrogens is 224 g/mol. The second-order valence-electron chi connectivity index (χ2n) is 4.74. The fraction of sp³-hybridized carbons (Fsp3) is 0.533. The van der Waals surface area contributed by atoms with Crippen molar-refractivity contribution in [1.82, 2.24) is 4.90 Å². The summed E-state index contributed by atoms with van der Waals surface area (Å²) in [5, 5.41) is 0. The molecule has 0 aliphatic rings. The van der Waals surface area contributed by atoms with Crippen LogP contribution in [0.5, 0.6) is 0 Å². The number of carbonyl (C=O) groups excluding carboxylic acids is 1. The van der Waals surface area contributed by atoms with Crippen LogP contribution < -0.4 is 5.73 Å². The van der Waals surface area contributed by atoms with Crippen LogP contribution in [0.25, 0.3) is 0 Å². The van der Waals surface area contributed by atoms with Crippen LogP contribution in [-0.4, -0.2) is 30.4 Å². The minimum absolute atomic E-state index is 0.0601. The lowest BCUT2D eigenvalue weighted by Crippen LogP contribution is -2.42. The van der Waals surface area contributed by atoms with Crippen LogP contribution in [0.15, 0.2) is 30.3 Å². The summed E-state index contributed by atoms with van der Waals surface area (Å²) in [4.78, 5) is 13.6. The molecule has 0 fully saturated rings. The van der Waals surface area contributed by atoms with Gasteiger partial charge in [-0.15, -0.1) is 0 Å². The lowest BCUT2D eigenvalue weighted by Gasteiger charge is -2.21. The molecular formula is C15H24N2O. The topological polar surface area (TPSA) is 46.3 Å². The van der Waals surface area contributed by atoms with Crippen molar-refractivity contribution in [3.8, 4) is 0 Å². The molecule has 1 amide bonds. The number of amides is 1. The monoisotopic (exact) mass is 248 g/mol. The first-order valence-electron chi connectivity index (χ1n) is 6.69. The van der Waals surface area contributed by atoms with Crippen molar-refractivity contribution in [2.45, 2.75) is 38.6 Å². The van der Waals surface area contributed by atoms with E-state index in [1.165, 1.54) is 5.56 Å². The molecule has 2 N–H and O–H groups in total. The number of nitrogens with zero attached hydrogens (tertiary/aromatic N) is 1. The summed E-state index contributed by atoms with van der Waals surface area (Å²) in [5.74, 6) is 0.0601. The van der Waals surface area contributed by atoms with Crippen molar-refractivity contribution in [1.29, 1.82) is 0 Å². The number of aryl methyl sites for hydroxylation is 1. The Morgan fingerprint density at radius 2 is 2.00 bits per heavy atom. The van der Waals surface area contributed by atoms with Gasteiger partial charge in [-0.3, -0.25) is 4.79 Å². The van der Waals surface area contributed by atoms with Gasteiger partial charge < -0.3 is 10.6 Å². The maximum absolute atomic E-state index is 11.9. The summed E-state index contributed by atoms with van der Waals surface area (Å²) in [6.07, 6.45) is 3.69. The van der Waals surface area contributed by atoms with Gasteiger partial charge in [0, 0.05) is 13.6 Å². The van der Waals surface area contributed by atoms with E-state index in [-0.39, 0.29) is 11.9 Å². The highest BCUT2D eigenvalue weighted by molar-refractivity contribution is 5.81. The smallest absolute Gasteiger partial charge is 0.239 e. The van der Waals surface area contributed by atoms with E-state index in [0.717, 1.165) is 32.2 Å². The number of rotatable bonds is 7. The van der Waals surface area contributed by atoms with Crippen molar-refractivity contribution in [2.75, 3.05) is 13.6 Å². The minimum Gasteiger partial charge on any atom is -0.344 e. The van der Waals surface area contributed by atoms with Gasteiger partial charge in [-0.05, 0) is 24.8 Å². The Labute approximate surface area is 110 Å². The molecule has 0 spiro atoms. The van der Waals surface area contributed by atoms with E-state index in [2.05, 4.69) is 12.1 Å². The van der Waals surface area contributed by atoms with E-state index in [9.17, 15) is 4.79 Å². The molecule has 18 heavy (non-hydrogen) atoms. The summed E-state index contributed by atoms with van der Waals surface area (Å²) < 4.78 is 0. The fourth-order valence-electron chi connectivity index (χ4n) is 1.99. The van der Waals surface area contributed by atoms with Gasteiger partial charge in [-0.1, -0.05) is 43.7 Å². The van der Waals surface area contributed by atoms with E-state index in [4.69, 9.17) is 5.73 Å². The zero-order chi connectivity index (χ0) is 13.4. The minimum atomic E-state index is -0.336. The molecule has 3 heteroatoms. The Hall–Kier alpha value is -1.35. The van der Waals surface area contributed by atoms with Crippen LogP contribution in [-0.2, 0) is 11.2 Å². The molecule has 0 saturated heterocycles. The second kappa shape index (κ2) is 7.88. The Morgan fingerprint density at radius 1 is 1.33 bits per heavy atom. The number of likely N-dealkylation sites (N-methyl/N-ethyl adjacent to an activating group) is 1. The molecule has 0 saturated carbocycles. The van der Waals surface area contributed by atoms with Crippen LogP contribution in [0, 0.1) is 0 Å². The molecule has 1 aromatic carbocycles. The maximum atomic E-state index is 11.9. The fourth-order valence-corrected chi connectivity index (χ4v) is 1.99. The van der Waals surface area contributed by atoms with E-state index in [1.54, 1.807) is 4.90 Å². The summed E-state index contributed by atoms with van der Waals surface area (Å²) in [7, 11) is 1.84. The Balaban J connectivity index is 2.28. The third-order valence-electron chi connectivity index (χ3n) is 3.09. The van der Waals surface area contributed by atoms with Gasteiger partial charge in [0.2, 0.25) is 5.91 Å². The number of hydrogen-bond donors (Lipinski definition) is 1. The first kappa shape index (κ1) is 14.7. The number of benzene rings is 1. The van der Waals surface area contributed by atoms with Crippen molar-refractivity contribution >= 4 is 5.91 Å². The van der Waals surface area contributed by atoms with E-state index >= 15 is 0 Å². The van der Waals surface area contributed by atoms with Crippen LogP contribution >= 0.6 is 0 Å². The number of nitrogens with two attached hydrogens (primary N) is 1. The molecule has 1 rings (SSSR count). The maximum Gasteiger partial charge on any atom is 0.239 e. The molecule has 1 aromatic rings. The van der Waals surface area contributed by atoms with Gasteiger partial charge in [-0.2, -0.15) is 0 Å². The Kier molecular flexibility index (Phi) is 6.44. The molecule has 0 bridgehead atoms. The zero-order valence-corrected chi connectivity index (χ0v) is 11.4. The van der Waals surface area contributed by atoms with Crippen LogP contribution in [0.3, 0.4) is 0 Å².